The third kappa shape index (κ3) is 5.79. The van der Waals surface area contributed by atoms with E-state index in [0.29, 0.717) is 49.9 Å². The maximum Gasteiger partial charge on any atom is 0.243 e. The molecule has 1 heterocycles. The lowest BCUT2D eigenvalue weighted by atomic mass is 10.1. The number of nitrogens with one attached hydrogen (secondary N) is 1. The zero-order chi connectivity index (χ0) is 20.9. The molecule has 0 spiro atoms. The Morgan fingerprint density at radius 1 is 1.14 bits per heavy atom. The third-order valence-electron chi connectivity index (χ3n) is 4.81. The van der Waals surface area contributed by atoms with Gasteiger partial charge in [-0.2, -0.15) is 4.31 Å². The first-order valence-corrected chi connectivity index (χ1v) is 11.4. The van der Waals surface area contributed by atoms with Gasteiger partial charge in [0.2, 0.25) is 15.9 Å². The highest BCUT2D eigenvalue weighted by molar-refractivity contribution is 7.89. The van der Waals surface area contributed by atoms with Crippen LogP contribution in [-0.4, -0.2) is 44.9 Å². The summed E-state index contributed by atoms with van der Waals surface area (Å²) in [5.74, 6) is -0.195. The summed E-state index contributed by atoms with van der Waals surface area (Å²) in [5.41, 5.74) is 2.69. The largest absolute Gasteiger partial charge is 0.379 e. The van der Waals surface area contributed by atoms with Crippen molar-refractivity contribution in [1.29, 1.82) is 0 Å². The number of sulfonamides is 1. The summed E-state index contributed by atoms with van der Waals surface area (Å²) in [5, 5.41) is 3.05. The van der Waals surface area contributed by atoms with E-state index in [1.807, 2.05) is 6.92 Å². The lowest BCUT2D eigenvalue weighted by Gasteiger charge is -2.26. The minimum atomic E-state index is -3.65. The van der Waals surface area contributed by atoms with E-state index in [1.165, 1.54) is 33.6 Å². The monoisotopic (exact) mass is 436 g/mol. The van der Waals surface area contributed by atoms with Crippen molar-refractivity contribution in [3.8, 4) is 0 Å². The number of carbonyl (C=O) groups is 1. The van der Waals surface area contributed by atoms with Crippen molar-refractivity contribution in [2.45, 2.75) is 31.1 Å². The number of aryl methyl sites for hydroxylation is 2. The van der Waals surface area contributed by atoms with Gasteiger partial charge in [-0.1, -0.05) is 41.4 Å². The first kappa shape index (κ1) is 21.8. The van der Waals surface area contributed by atoms with Crippen LogP contribution in [0.2, 0.25) is 5.02 Å². The normalized spacial score (nSPS) is 15.2. The number of anilines is 1. The van der Waals surface area contributed by atoms with Crippen LogP contribution < -0.4 is 5.32 Å². The van der Waals surface area contributed by atoms with Crippen LogP contribution in [0.25, 0.3) is 0 Å². The van der Waals surface area contributed by atoms with Gasteiger partial charge in [0.1, 0.15) is 0 Å². The second kappa shape index (κ2) is 9.71. The molecule has 0 saturated carbocycles. The molecule has 1 fully saturated rings. The number of hydrogen-bond donors (Lipinski definition) is 1. The van der Waals surface area contributed by atoms with E-state index in [2.05, 4.69) is 29.6 Å². The molecule has 1 aliphatic heterocycles. The van der Waals surface area contributed by atoms with Crippen molar-refractivity contribution < 1.29 is 17.9 Å². The van der Waals surface area contributed by atoms with Gasteiger partial charge >= 0.3 is 0 Å². The summed E-state index contributed by atoms with van der Waals surface area (Å²) in [4.78, 5) is 12.4. The first-order chi connectivity index (χ1) is 13.9. The van der Waals surface area contributed by atoms with E-state index in [9.17, 15) is 13.2 Å². The molecule has 0 bridgehead atoms. The predicted molar refractivity (Wildman–Crippen MR) is 114 cm³/mol. The summed E-state index contributed by atoms with van der Waals surface area (Å²) >= 11 is 6.18. The number of nitrogens with zero attached hydrogens (tertiary/aromatic N) is 1. The summed E-state index contributed by atoms with van der Waals surface area (Å²) in [6.45, 7) is 3.40. The predicted octanol–water partition coefficient (Wildman–Crippen LogP) is 3.63. The fraction of sp³-hybridized carbons (Fsp3) is 0.381. The summed E-state index contributed by atoms with van der Waals surface area (Å²) in [7, 11) is -3.65. The van der Waals surface area contributed by atoms with Crippen LogP contribution in [0, 0.1) is 6.92 Å². The van der Waals surface area contributed by atoms with E-state index < -0.39 is 10.0 Å². The highest BCUT2D eigenvalue weighted by Gasteiger charge is 2.27. The molecule has 0 radical (unpaired) electrons. The highest BCUT2D eigenvalue weighted by atomic mass is 35.5. The molecule has 6 nitrogen and oxygen atoms in total. The molecule has 2 aromatic carbocycles. The maximum atomic E-state index is 12.8. The number of carbonyl (C=O) groups excluding carboxylic acids is 1. The van der Waals surface area contributed by atoms with Crippen molar-refractivity contribution in [2.24, 2.45) is 0 Å². The van der Waals surface area contributed by atoms with Crippen LogP contribution in [0.4, 0.5) is 5.69 Å². The van der Waals surface area contributed by atoms with Crippen molar-refractivity contribution in [3.05, 3.63) is 58.6 Å². The Balaban J connectivity index is 1.61. The number of amides is 1. The molecule has 8 heteroatoms. The lowest BCUT2D eigenvalue weighted by molar-refractivity contribution is -0.116. The highest BCUT2D eigenvalue weighted by Crippen LogP contribution is 2.27. The van der Waals surface area contributed by atoms with Crippen LogP contribution in [-0.2, 0) is 26.0 Å². The maximum absolute atomic E-state index is 12.8. The number of hydrogen-bond acceptors (Lipinski definition) is 4. The zero-order valence-corrected chi connectivity index (χ0v) is 17.9. The summed E-state index contributed by atoms with van der Waals surface area (Å²) in [6.07, 6.45) is 1.82. The van der Waals surface area contributed by atoms with Crippen LogP contribution in [0.1, 0.15) is 24.0 Å². The smallest absolute Gasteiger partial charge is 0.243 e. The second-order valence-corrected chi connectivity index (χ2v) is 9.39. The van der Waals surface area contributed by atoms with Gasteiger partial charge in [0.25, 0.3) is 0 Å². The molecular formula is C21H25ClN2O4S. The Bertz CT molecular complexity index is 955. The van der Waals surface area contributed by atoms with Crippen molar-refractivity contribution in [1.82, 2.24) is 4.31 Å². The van der Waals surface area contributed by atoms with Gasteiger partial charge in [-0.25, -0.2) is 8.42 Å². The van der Waals surface area contributed by atoms with Crippen molar-refractivity contribution >= 4 is 33.2 Å². The molecule has 0 aliphatic carbocycles. The van der Waals surface area contributed by atoms with Gasteiger partial charge in [0.05, 0.1) is 28.8 Å². The average Bonchev–Trinajstić information content (AvgIpc) is 2.71. The van der Waals surface area contributed by atoms with E-state index in [1.54, 1.807) is 0 Å². The number of ether oxygens (including phenoxy) is 1. The summed E-state index contributed by atoms with van der Waals surface area (Å²) in [6, 6.07) is 12.6. The molecule has 1 amide bonds. The number of morpholine rings is 1. The number of halogens is 1. The molecule has 0 aromatic heterocycles. The standard InChI is InChI=1S/C21H25ClN2O4S/c1-16-5-7-17(8-6-16)3-2-4-21(25)23-20-15-18(9-10-19(20)22)29(26,27)24-11-13-28-14-12-24/h5-10,15H,2-4,11-14H2,1H3,(H,23,25). The van der Waals surface area contributed by atoms with E-state index in [-0.39, 0.29) is 10.8 Å². The van der Waals surface area contributed by atoms with Gasteiger partial charge in [-0.15, -0.1) is 0 Å². The van der Waals surface area contributed by atoms with Gasteiger partial charge < -0.3 is 10.1 Å². The third-order valence-corrected chi connectivity index (χ3v) is 7.03. The van der Waals surface area contributed by atoms with Crippen LogP contribution in [0.15, 0.2) is 47.4 Å². The molecule has 29 heavy (non-hydrogen) atoms. The molecule has 2 aromatic rings. The Morgan fingerprint density at radius 2 is 1.83 bits per heavy atom. The fourth-order valence-electron chi connectivity index (χ4n) is 3.12. The molecule has 156 valence electrons. The van der Waals surface area contributed by atoms with Crippen LogP contribution in [0.5, 0.6) is 0 Å². The molecule has 1 N–H and O–H groups in total. The Kier molecular flexibility index (Phi) is 7.29. The lowest BCUT2D eigenvalue weighted by Crippen LogP contribution is -2.40. The van der Waals surface area contributed by atoms with Gasteiger partial charge in [0, 0.05) is 19.5 Å². The van der Waals surface area contributed by atoms with Crippen LogP contribution >= 0.6 is 11.6 Å². The van der Waals surface area contributed by atoms with E-state index in [0.717, 1.165) is 6.42 Å². The van der Waals surface area contributed by atoms with Crippen molar-refractivity contribution in [2.75, 3.05) is 31.6 Å². The Hall–Kier alpha value is -1.93. The SMILES string of the molecule is Cc1ccc(CCCC(=O)Nc2cc(S(=O)(=O)N3CCOCC3)ccc2Cl)cc1. The Morgan fingerprint density at radius 3 is 2.52 bits per heavy atom. The van der Waals surface area contributed by atoms with Gasteiger partial charge in [-0.05, 0) is 43.5 Å². The number of rotatable bonds is 7. The minimum Gasteiger partial charge on any atom is -0.379 e. The zero-order valence-electron chi connectivity index (χ0n) is 16.4. The second-order valence-electron chi connectivity index (χ2n) is 7.05. The van der Waals surface area contributed by atoms with Gasteiger partial charge in [0.15, 0.2) is 0 Å². The first-order valence-electron chi connectivity index (χ1n) is 9.59. The molecule has 0 unspecified atom stereocenters. The Labute approximate surface area is 176 Å². The molecule has 0 atom stereocenters. The molecule has 1 saturated heterocycles. The molecular weight excluding hydrogens is 412 g/mol. The van der Waals surface area contributed by atoms with Crippen LogP contribution in [0.3, 0.4) is 0 Å². The molecule has 3 rings (SSSR count). The topological polar surface area (TPSA) is 75.7 Å². The van der Waals surface area contributed by atoms with E-state index in [4.69, 9.17) is 16.3 Å². The fourth-order valence-corrected chi connectivity index (χ4v) is 4.72. The van der Waals surface area contributed by atoms with Gasteiger partial charge in [-0.3, -0.25) is 4.79 Å². The quantitative estimate of drug-likeness (QED) is 0.719. The number of benzene rings is 2. The average molecular weight is 437 g/mol. The van der Waals surface area contributed by atoms with Crippen molar-refractivity contribution in [3.63, 3.8) is 0 Å². The minimum absolute atomic E-state index is 0.110. The summed E-state index contributed by atoms with van der Waals surface area (Å²) < 4.78 is 32.2. The van der Waals surface area contributed by atoms with E-state index >= 15 is 0 Å². The molecule has 1 aliphatic rings.